The monoisotopic (exact) mass is 664 g/mol. The van der Waals surface area contributed by atoms with Gasteiger partial charge in [0.05, 0.1) is 22.9 Å². The average molecular weight is 665 g/mol. The van der Waals surface area contributed by atoms with E-state index in [-0.39, 0.29) is 5.41 Å². The molecule has 0 saturated heterocycles. The highest BCUT2D eigenvalue weighted by molar-refractivity contribution is 6.23. The van der Waals surface area contributed by atoms with Crippen molar-refractivity contribution in [3.63, 3.8) is 0 Å². The lowest BCUT2D eigenvalue weighted by molar-refractivity contribution is 0.660. The molecule has 244 valence electrons. The van der Waals surface area contributed by atoms with Gasteiger partial charge in [-0.05, 0) is 67.9 Å². The predicted molar refractivity (Wildman–Crippen MR) is 216 cm³/mol. The van der Waals surface area contributed by atoms with Crippen LogP contribution in [0.25, 0.3) is 99.2 Å². The van der Waals surface area contributed by atoms with Gasteiger partial charge in [-0.15, -0.1) is 0 Å². The number of aromatic nitrogens is 2. The lowest BCUT2D eigenvalue weighted by Gasteiger charge is -2.22. The zero-order chi connectivity index (χ0) is 34.6. The molecule has 1 aliphatic rings. The molecular weight excluding hydrogens is 633 g/mol. The summed E-state index contributed by atoms with van der Waals surface area (Å²) in [6.07, 6.45) is 1.91. The fraction of sp³-hybridized carbons (Fsp3) is 0.0612. The van der Waals surface area contributed by atoms with Crippen LogP contribution < -0.4 is 0 Å². The molecule has 0 amide bonds. The summed E-state index contributed by atoms with van der Waals surface area (Å²) < 4.78 is 6.42. The molecule has 0 radical (unpaired) electrons. The minimum atomic E-state index is -0.161. The number of hydrogen-bond acceptors (Lipinski definition) is 3. The zero-order valence-electron chi connectivity index (χ0n) is 28.8. The number of para-hydroxylation sites is 2. The van der Waals surface area contributed by atoms with E-state index in [1.807, 2.05) is 18.3 Å². The summed E-state index contributed by atoms with van der Waals surface area (Å²) in [5, 5.41) is 6.98. The van der Waals surface area contributed by atoms with E-state index in [1.54, 1.807) is 0 Å². The molecule has 11 rings (SSSR count). The Morgan fingerprint density at radius 1 is 0.442 bits per heavy atom. The lowest BCUT2D eigenvalue weighted by Crippen LogP contribution is -2.15. The summed E-state index contributed by atoms with van der Waals surface area (Å²) in [7, 11) is 0. The van der Waals surface area contributed by atoms with Crippen molar-refractivity contribution in [2.75, 3.05) is 0 Å². The second-order valence-electron chi connectivity index (χ2n) is 14.5. The first kappa shape index (κ1) is 29.2. The Bertz CT molecular complexity index is 3060. The van der Waals surface area contributed by atoms with E-state index < -0.39 is 0 Å². The van der Waals surface area contributed by atoms with Gasteiger partial charge in [-0.25, -0.2) is 4.98 Å². The van der Waals surface area contributed by atoms with E-state index in [2.05, 4.69) is 153 Å². The van der Waals surface area contributed by atoms with Crippen LogP contribution in [0.1, 0.15) is 25.0 Å². The van der Waals surface area contributed by atoms with Crippen LogP contribution in [0.15, 0.2) is 162 Å². The van der Waals surface area contributed by atoms with E-state index in [0.29, 0.717) is 0 Å². The third-order valence-corrected chi connectivity index (χ3v) is 11.3. The maximum absolute atomic E-state index is 6.42. The van der Waals surface area contributed by atoms with E-state index in [0.717, 1.165) is 60.6 Å². The van der Waals surface area contributed by atoms with Gasteiger partial charge in [-0.2, -0.15) is 0 Å². The van der Waals surface area contributed by atoms with Gasteiger partial charge in [-0.3, -0.25) is 4.98 Å². The summed E-state index contributed by atoms with van der Waals surface area (Å²) in [6, 6.07) is 54.4. The van der Waals surface area contributed by atoms with Gasteiger partial charge in [0.15, 0.2) is 0 Å². The summed E-state index contributed by atoms with van der Waals surface area (Å²) in [6.45, 7) is 4.70. The van der Waals surface area contributed by atoms with Crippen molar-refractivity contribution in [2.45, 2.75) is 19.3 Å². The fourth-order valence-electron chi connectivity index (χ4n) is 8.65. The van der Waals surface area contributed by atoms with Crippen molar-refractivity contribution in [1.29, 1.82) is 0 Å². The minimum absolute atomic E-state index is 0.161. The van der Waals surface area contributed by atoms with Gasteiger partial charge >= 0.3 is 0 Å². The molecule has 2 heterocycles. The number of hydrogen-bond donors (Lipinski definition) is 0. The Labute approximate surface area is 300 Å². The molecule has 3 heteroatoms. The highest BCUT2D eigenvalue weighted by atomic mass is 16.3. The molecule has 0 aliphatic heterocycles. The molecule has 2 aromatic heterocycles. The highest BCUT2D eigenvalue weighted by Gasteiger charge is 2.36. The Morgan fingerprint density at radius 3 is 1.73 bits per heavy atom. The Morgan fingerprint density at radius 2 is 1.00 bits per heavy atom. The Hall–Kier alpha value is -6.58. The second kappa shape index (κ2) is 10.7. The number of furan rings is 1. The number of rotatable bonds is 3. The molecule has 0 N–H and O–H groups in total. The maximum atomic E-state index is 6.42. The van der Waals surface area contributed by atoms with Gasteiger partial charge in [0.2, 0.25) is 0 Å². The number of nitrogens with zero attached hydrogens (tertiary/aromatic N) is 2. The predicted octanol–water partition coefficient (Wildman–Crippen LogP) is 13.1. The van der Waals surface area contributed by atoms with Crippen LogP contribution in [0.3, 0.4) is 0 Å². The largest absolute Gasteiger partial charge is 0.455 e. The Kier molecular flexibility index (Phi) is 6.01. The molecular formula is C49H32N2O. The number of benzene rings is 8. The topological polar surface area (TPSA) is 38.9 Å². The first-order valence-electron chi connectivity index (χ1n) is 17.9. The summed E-state index contributed by atoms with van der Waals surface area (Å²) >= 11 is 0. The van der Waals surface area contributed by atoms with Crippen molar-refractivity contribution in [3.05, 3.63) is 169 Å². The SMILES string of the molecule is CC1(C)c2cc(-c3ccc(-c4cnc5c6ccccc6c6ccccc6c5n4)cc3)ccc2-c2ccc(-c3cccc4c3oc3ccccc34)cc21. The standard InChI is InChI=1S/C49H32N2O/c1-49(2)42-26-31(22-24-36(42)37-25-23-32(27-43(37)49)33-15-9-16-41-38-12-7-8-17-45(38)52-48(33)41)29-18-20-30(21-19-29)44-28-50-46-39-13-5-3-10-34(39)35-11-4-6-14-40(35)47(46)51-44/h3-28H,1-2H3. The third kappa shape index (κ3) is 4.14. The smallest absolute Gasteiger partial charge is 0.143 e. The molecule has 0 saturated carbocycles. The van der Waals surface area contributed by atoms with Crippen molar-refractivity contribution < 1.29 is 4.42 Å². The van der Waals surface area contributed by atoms with Crippen LogP contribution in [0.4, 0.5) is 0 Å². The zero-order valence-corrected chi connectivity index (χ0v) is 28.8. The van der Waals surface area contributed by atoms with Crippen LogP contribution in [-0.2, 0) is 5.41 Å². The third-order valence-electron chi connectivity index (χ3n) is 11.3. The molecule has 0 unspecified atom stereocenters. The molecule has 0 bridgehead atoms. The second-order valence-corrected chi connectivity index (χ2v) is 14.5. The first-order valence-corrected chi connectivity index (χ1v) is 17.9. The summed E-state index contributed by atoms with van der Waals surface area (Å²) in [5.41, 5.74) is 15.5. The van der Waals surface area contributed by atoms with Gasteiger partial charge in [0.25, 0.3) is 0 Å². The molecule has 0 spiro atoms. The van der Waals surface area contributed by atoms with Crippen molar-refractivity contribution in [1.82, 2.24) is 9.97 Å². The van der Waals surface area contributed by atoms with Gasteiger partial charge in [0, 0.05) is 38.1 Å². The van der Waals surface area contributed by atoms with E-state index in [1.165, 1.54) is 49.7 Å². The molecule has 0 fully saturated rings. The molecule has 10 aromatic rings. The average Bonchev–Trinajstić information content (AvgIpc) is 3.69. The van der Waals surface area contributed by atoms with E-state index >= 15 is 0 Å². The quantitative estimate of drug-likeness (QED) is 0.176. The minimum Gasteiger partial charge on any atom is -0.455 e. The normalized spacial score (nSPS) is 13.3. The molecule has 8 aromatic carbocycles. The molecule has 0 atom stereocenters. The maximum Gasteiger partial charge on any atom is 0.143 e. The highest BCUT2D eigenvalue weighted by Crippen LogP contribution is 2.51. The van der Waals surface area contributed by atoms with Gasteiger partial charge in [-0.1, -0.05) is 147 Å². The van der Waals surface area contributed by atoms with Crippen molar-refractivity contribution >= 4 is 54.5 Å². The van der Waals surface area contributed by atoms with Crippen LogP contribution >= 0.6 is 0 Å². The summed E-state index contributed by atoms with van der Waals surface area (Å²) in [5.74, 6) is 0. The van der Waals surface area contributed by atoms with Crippen LogP contribution in [0.5, 0.6) is 0 Å². The van der Waals surface area contributed by atoms with E-state index in [9.17, 15) is 0 Å². The van der Waals surface area contributed by atoms with Crippen molar-refractivity contribution in [3.8, 4) is 44.6 Å². The lowest BCUT2D eigenvalue weighted by atomic mass is 9.80. The molecule has 52 heavy (non-hydrogen) atoms. The first-order chi connectivity index (χ1) is 25.5. The van der Waals surface area contributed by atoms with Gasteiger partial charge in [0.1, 0.15) is 11.2 Å². The molecule has 1 aliphatic carbocycles. The van der Waals surface area contributed by atoms with Gasteiger partial charge < -0.3 is 4.42 Å². The number of fused-ring (bicyclic) bond motifs is 12. The van der Waals surface area contributed by atoms with Crippen molar-refractivity contribution in [2.24, 2.45) is 0 Å². The van der Waals surface area contributed by atoms with Crippen LogP contribution in [0.2, 0.25) is 0 Å². The van der Waals surface area contributed by atoms with Crippen LogP contribution in [0, 0.1) is 0 Å². The van der Waals surface area contributed by atoms with E-state index in [4.69, 9.17) is 14.4 Å². The summed E-state index contributed by atoms with van der Waals surface area (Å²) in [4.78, 5) is 10.2. The molecule has 3 nitrogen and oxygen atoms in total. The fourth-order valence-corrected chi connectivity index (χ4v) is 8.65. The van der Waals surface area contributed by atoms with Crippen LogP contribution in [-0.4, -0.2) is 9.97 Å². The Balaban J connectivity index is 0.948.